The number of rotatable bonds is 5. The molecule has 0 aliphatic heterocycles. The summed E-state index contributed by atoms with van der Waals surface area (Å²) in [4.78, 5) is 23.0. The number of benzene rings is 1. The van der Waals surface area contributed by atoms with Crippen molar-refractivity contribution < 1.29 is 14.3 Å². The summed E-state index contributed by atoms with van der Waals surface area (Å²) < 4.78 is 6.05. The number of hydrogen-bond acceptors (Lipinski definition) is 3. The Morgan fingerprint density at radius 2 is 1.95 bits per heavy atom. The minimum Gasteiger partial charge on any atom is -0.444 e. The number of amides is 2. The van der Waals surface area contributed by atoms with Crippen molar-refractivity contribution in [2.24, 2.45) is 0 Å². The molecule has 1 rings (SSSR count). The van der Waals surface area contributed by atoms with E-state index in [4.69, 9.17) is 4.74 Å². The summed E-state index contributed by atoms with van der Waals surface area (Å²) in [5, 5.41) is 5.34. The van der Waals surface area contributed by atoms with Crippen LogP contribution < -0.4 is 10.6 Å². The van der Waals surface area contributed by atoms with Crippen LogP contribution in [0.25, 0.3) is 0 Å². The van der Waals surface area contributed by atoms with Gasteiger partial charge >= 0.3 is 6.09 Å². The summed E-state index contributed by atoms with van der Waals surface area (Å²) in [6, 6.07) is 7.72. The van der Waals surface area contributed by atoms with Gasteiger partial charge in [0.05, 0.1) is 0 Å². The summed E-state index contributed by atoms with van der Waals surface area (Å²) in [6.07, 6.45) is -0.296. The molecule has 2 amide bonds. The normalized spacial score (nSPS) is 10.9. The largest absolute Gasteiger partial charge is 0.444 e. The summed E-state index contributed by atoms with van der Waals surface area (Å²) in [5.74, 6) is -0.119. The fraction of sp³-hybridized carbons (Fsp3) is 0.467. The Balaban J connectivity index is 2.21. The molecule has 0 saturated heterocycles. The van der Waals surface area contributed by atoms with Gasteiger partial charge in [0.1, 0.15) is 5.60 Å². The van der Waals surface area contributed by atoms with Crippen molar-refractivity contribution in [1.29, 1.82) is 0 Å². The number of halogens is 1. The van der Waals surface area contributed by atoms with Gasteiger partial charge in [-0.15, -0.1) is 0 Å². The maximum atomic E-state index is 11.7. The zero-order chi connectivity index (χ0) is 15.9. The lowest BCUT2D eigenvalue weighted by Gasteiger charge is -2.19. The molecule has 0 aromatic heterocycles. The second kappa shape index (κ2) is 8.02. The molecule has 116 valence electrons. The van der Waals surface area contributed by atoms with Gasteiger partial charge in [-0.3, -0.25) is 4.79 Å². The number of hydrogen-bond donors (Lipinski definition) is 2. The Kier molecular flexibility index (Phi) is 6.68. The van der Waals surface area contributed by atoms with Crippen LogP contribution in [0.15, 0.2) is 28.7 Å². The van der Waals surface area contributed by atoms with E-state index in [0.717, 1.165) is 10.0 Å². The van der Waals surface area contributed by atoms with E-state index in [0.29, 0.717) is 6.54 Å². The van der Waals surface area contributed by atoms with Crippen molar-refractivity contribution in [2.75, 3.05) is 6.54 Å². The summed E-state index contributed by atoms with van der Waals surface area (Å²) in [7, 11) is 0. The number of carbonyl (C=O) groups is 2. The van der Waals surface area contributed by atoms with E-state index in [2.05, 4.69) is 26.6 Å². The van der Waals surface area contributed by atoms with Crippen LogP contribution in [-0.4, -0.2) is 24.1 Å². The standard InChI is InChI=1S/C15H21BrN2O3/c1-15(2,3)21-14(20)17-8-7-13(19)18-10-11-5-4-6-12(16)9-11/h4-6,9H,7-8,10H2,1-3H3,(H,17,20)(H,18,19). The number of nitrogens with one attached hydrogen (secondary N) is 2. The zero-order valence-electron chi connectivity index (χ0n) is 12.5. The fourth-order valence-corrected chi connectivity index (χ4v) is 1.97. The van der Waals surface area contributed by atoms with Gasteiger partial charge in [0.2, 0.25) is 5.91 Å². The van der Waals surface area contributed by atoms with Crippen molar-refractivity contribution in [3.63, 3.8) is 0 Å². The van der Waals surface area contributed by atoms with Crippen LogP contribution in [0.4, 0.5) is 4.79 Å². The van der Waals surface area contributed by atoms with E-state index in [1.807, 2.05) is 24.3 Å². The topological polar surface area (TPSA) is 67.4 Å². The Bertz CT molecular complexity index is 498. The van der Waals surface area contributed by atoms with E-state index in [1.165, 1.54) is 0 Å². The number of carbonyl (C=O) groups excluding carboxylic acids is 2. The molecule has 0 bridgehead atoms. The lowest BCUT2D eigenvalue weighted by Crippen LogP contribution is -2.35. The highest BCUT2D eigenvalue weighted by Gasteiger charge is 2.15. The molecule has 0 aliphatic rings. The van der Waals surface area contributed by atoms with Crippen LogP contribution in [0.5, 0.6) is 0 Å². The van der Waals surface area contributed by atoms with Gasteiger partial charge in [-0.05, 0) is 38.5 Å². The molecule has 0 aliphatic carbocycles. The molecule has 0 heterocycles. The molecule has 0 spiro atoms. The van der Waals surface area contributed by atoms with Gasteiger partial charge in [0, 0.05) is 24.0 Å². The van der Waals surface area contributed by atoms with E-state index < -0.39 is 11.7 Å². The molecule has 2 N–H and O–H groups in total. The zero-order valence-corrected chi connectivity index (χ0v) is 14.1. The minimum atomic E-state index is -0.535. The molecule has 1 aromatic carbocycles. The molecule has 0 atom stereocenters. The van der Waals surface area contributed by atoms with Gasteiger partial charge in [-0.25, -0.2) is 4.79 Å². The fourth-order valence-electron chi connectivity index (χ4n) is 1.53. The Morgan fingerprint density at radius 1 is 1.24 bits per heavy atom. The lowest BCUT2D eigenvalue weighted by molar-refractivity contribution is -0.121. The van der Waals surface area contributed by atoms with Crippen molar-refractivity contribution in [1.82, 2.24) is 10.6 Å². The smallest absolute Gasteiger partial charge is 0.407 e. The van der Waals surface area contributed by atoms with Gasteiger partial charge < -0.3 is 15.4 Å². The average Bonchev–Trinajstić information content (AvgIpc) is 2.34. The second-order valence-corrected chi connectivity index (χ2v) is 6.50. The lowest BCUT2D eigenvalue weighted by atomic mass is 10.2. The van der Waals surface area contributed by atoms with E-state index in [9.17, 15) is 9.59 Å². The number of alkyl carbamates (subject to hydrolysis) is 1. The third-order valence-electron chi connectivity index (χ3n) is 2.40. The third-order valence-corrected chi connectivity index (χ3v) is 2.89. The van der Waals surface area contributed by atoms with Crippen LogP contribution in [0.3, 0.4) is 0 Å². The molecule has 5 nitrogen and oxygen atoms in total. The van der Waals surface area contributed by atoms with Crippen LogP contribution in [0, 0.1) is 0 Å². The first kappa shape index (κ1) is 17.5. The predicted molar refractivity (Wildman–Crippen MR) is 84.8 cm³/mol. The monoisotopic (exact) mass is 356 g/mol. The summed E-state index contributed by atoms with van der Waals surface area (Å²) >= 11 is 3.38. The van der Waals surface area contributed by atoms with Gasteiger partial charge in [-0.1, -0.05) is 28.1 Å². The summed E-state index contributed by atoms with van der Waals surface area (Å²) in [5.41, 5.74) is 0.477. The Morgan fingerprint density at radius 3 is 2.57 bits per heavy atom. The summed E-state index contributed by atoms with van der Waals surface area (Å²) in [6.45, 7) is 6.08. The second-order valence-electron chi connectivity index (χ2n) is 5.59. The quantitative estimate of drug-likeness (QED) is 0.851. The molecule has 0 fully saturated rings. The Labute approximate surface area is 133 Å². The van der Waals surface area contributed by atoms with E-state index in [1.54, 1.807) is 20.8 Å². The molecule has 6 heteroatoms. The van der Waals surface area contributed by atoms with Crippen molar-refractivity contribution in [3.05, 3.63) is 34.3 Å². The maximum Gasteiger partial charge on any atom is 0.407 e. The third kappa shape index (κ3) is 8.34. The van der Waals surface area contributed by atoms with Crippen LogP contribution in [-0.2, 0) is 16.1 Å². The predicted octanol–water partition coefficient (Wildman–Crippen LogP) is 2.98. The number of ether oxygens (including phenoxy) is 1. The molecule has 21 heavy (non-hydrogen) atoms. The molecule has 0 unspecified atom stereocenters. The first-order valence-electron chi connectivity index (χ1n) is 6.74. The van der Waals surface area contributed by atoms with Gasteiger partial charge in [-0.2, -0.15) is 0 Å². The van der Waals surface area contributed by atoms with Crippen LogP contribution in [0.1, 0.15) is 32.8 Å². The first-order valence-corrected chi connectivity index (χ1v) is 7.53. The highest BCUT2D eigenvalue weighted by Crippen LogP contribution is 2.11. The molecule has 0 saturated carbocycles. The highest BCUT2D eigenvalue weighted by molar-refractivity contribution is 9.10. The van der Waals surface area contributed by atoms with Gasteiger partial charge in [0.15, 0.2) is 0 Å². The first-order chi connectivity index (χ1) is 9.76. The average molecular weight is 357 g/mol. The highest BCUT2D eigenvalue weighted by atomic mass is 79.9. The SMILES string of the molecule is CC(C)(C)OC(=O)NCCC(=O)NCc1cccc(Br)c1. The van der Waals surface area contributed by atoms with Crippen LogP contribution in [0.2, 0.25) is 0 Å². The molecule has 0 radical (unpaired) electrons. The molecular weight excluding hydrogens is 336 g/mol. The minimum absolute atomic E-state index is 0.119. The molecule has 1 aromatic rings. The van der Waals surface area contributed by atoms with Crippen molar-refractivity contribution >= 4 is 27.9 Å². The van der Waals surface area contributed by atoms with E-state index in [-0.39, 0.29) is 18.9 Å². The molecular formula is C15H21BrN2O3. The van der Waals surface area contributed by atoms with Crippen LogP contribution >= 0.6 is 15.9 Å². The Hall–Kier alpha value is -1.56. The van der Waals surface area contributed by atoms with Gasteiger partial charge in [0.25, 0.3) is 0 Å². The van der Waals surface area contributed by atoms with E-state index >= 15 is 0 Å². The van der Waals surface area contributed by atoms with Crippen molar-refractivity contribution in [2.45, 2.75) is 39.3 Å². The van der Waals surface area contributed by atoms with Crippen molar-refractivity contribution in [3.8, 4) is 0 Å². The maximum absolute atomic E-state index is 11.7.